The largest absolute Gasteiger partial charge is 0.481 e. The average molecular weight is 441 g/mol. The zero-order valence-corrected chi connectivity index (χ0v) is 19.7. The smallest absolute Gasteiger partial charge is 0.305 e. The zero-order chi connectivity index (χ0) is 23.1. The Kier molecular flexibility index (Phi) is 14.3. The van der Waals surface area contributed by atoms with E-state index in [1.165, 1.54) is 25.7 Å². The van der Waals surface area contributed by atoms with Crippen molar-refractivity contribution in [2.75, 3.05) is 6.61 Å². The second kappa shape index (κ2) is 16.1. The summed E-state index contributed by atoms with van der Waals surface area (Å²) in [5.74, 6) is 0.0144. The first-order valence-electron chi connectivity index (χ1n) is 12.4. The first-order valence-corrected chi connectivity index (χ1v) is 12.4. The summed E-state index contributed by atoms with van der Waals surface area (Å²) < 4.78 is 5.40. The second-order valence-electron chi connectivity index (χ2n) is 9.88. The summed E-state index contributed by atoms with van der Waals surface area (Å²) in [5, 5.41) is 17.9. The lowest BCUT2D eigenvalue weighted by atomic mass is 9.71. The normalized spacial score (nSPS) is 21.2. The van der Waals surface area contributed by atoms with Crippen LogP contribution in [0.25, 0.3) is 0 Å². The minimum atomic E-state index is -0.785. The number of carboxylic acid groups (broad SMARTS) is 2. The number of rotatable bonds is 17. The minimum Gasteiger partial charge on any atom is -0.481 e. The van der Waals surface area contributed by atoms with Crippen molar-refractivity contribution >= 4 is 17.9 Å². The van der Waals surface area contributed by atoms with Crippen LogP contribution in [0, 0.1) is 23.7 Å². The van der Waals surface area contributed by atoms with Gasteiger partial charge in [-0.15, -0.1) is 0 Å². The lowest BCUT2D eigenvalue weighted by Crippen LogP contribution is -2.25. The van der Waals surface area contributed by atoms with Crippen molar-refractivity contribution in [1.82, 2.24) is 0 Å². The van der Waals surface area contributed by atoms with E-state index in [1.54, 1.807) is 0 Å². The fourth-order valence-corrected chi connectivity index (χ4v) is 4.83. The van der Waals surface area contributed by atoms with Crippen LogP contribution in [0.3, 0.4) is 0 Å². The molecule has 0 heterocycles. The van der Waals surface area contributed by atoms with E-state index in [9.17, 15) is 14.4 Å². The topological polar surface area (TPSA) is 101 Å². The number of hydrogen-bond donors (Lipinski definition) is 2. The second-order valence-corrected chi connectivity index (χ2v) is 9.88. The highest BCUT2D eigenvalue weighted by molar-refractivity contribution is 5.69. The molecule has 0 saturated heterocycles. The van der Waals surface area contributed by atoms with Gasteiger partial charge in [-0.25, -0.2) is 0 Å². The van der Waals surface area contributed by atoms with E-state index >= 15 is 0 Å². The van der Waals surface area contributed by atoms with Crippen molar-refractivity contribution in [2.24, 2.45) is 23.7 Å². The van der Waals surface area contributed by atoms with Gasteiger partial charge in [-0.2, -0.15) is 0 Å². The van der Waals surface area contributed by atoms with Crippen LogP contribution in [0.5, 0.6) is 0 Å². The fraction of sp³-hybridized carbons (Fsp3) is 0.880. The Balaban J connectivity index is 2.25. The predicted molar refractivity (Wildman–Crippen MR) is 121 cm³/mol. The van der Waals surface area contributed by atoms with Crippen LogP contribution < -0.4 is 0 Å². The molecule has 2 unspecified atom stereocenters. The zero-order valence-electron chi connectivity index (χ0n) is 19.7. The van der Waals surface area contributed by atoms with Gasteiger partial charge in [-0.3, -0.25) is 14.4 Å². The molecule has 2 atom stereocenters. The van der Waals surface area contributed by atoms with Crippen molar-refractivity contribution in [3.05, 3.63) is 0 Å². The van der Waals surface area contributed by atoms with Gasteiger partial charge in [0.05, 0.1) is 6.61 Å². The first-order chi connectivity index (χ1) is 14.8. The van der Waals surface area contributed by atoms with Crippen molar-refractivity contribution in [2.45, 2.75) is 110 Å². The van der Waals surface area contributed by atoms with Crippen molar-refractivity contribution < 1.29 is 29.3 Å². The molecule has 31 heavy (non-hydrogen) atoms. The summed E-state index contributed by atoms with van der Waals surface area (Å²) in [4.78, 5) is 34.0. The third kappa shape index (κ3) is 14.9. The number of ether oxygens (including phenoxy) is 1. The highest BCUT2D eigenvalue weighted by Gasteiger charge is 2.29. The van der Waals surface area contributed by atoms with E-state index in [0.717, 1.165) is 44.4 Å². The molecule has 1 aliphatic rings. The van der Waals surface area contributed by atoms with Gasteiger partial charge in [0.1, 0.15) is 0 Å². The third-order valence-corrected chi connectivity index (χ3v) is 6.48. The summed E-state index contributed by atoms with van der Waals surface area (Å²) in [6.07, 6.45) is 12.5. The molecular formula is C25H44O6. The van der Waals surface area contributed by atoms with E-state index < -0.39 is 11.9 Å². The quantitative estimate of drug-likeness (QED) is 0.210. The Morgan fingerprint density at radius 3 is 1.68 bits per heavy atom. The standard InChI is InChI=1S/C25H44O6/c1-19(2)8-6-4-3-5-7-15-31-25(30)14-11-22-17-20(9-12-23(26)27)16-21(18-22)10-13-24(28)29/h19-22H,3-18H2,1-2H3,(H,26,27)(H,28,29). The molecule has 1 rings (SSSR count). The van der Waals surface area contributed by atoms with Crippen LogP contribution in [0.4, 0.5) is 0 Å². The number of aliphatic carboxylic acids is 2. The lowest BCUT2D eigenvalue weighted by Gasteiger charge is -2.35. The molecule has 6 nitrogen and oxygen atoms in total. The molecule has 0 radical (unpaired) electrons. The molecule has 1 fully saturated rings. The molecule has 6 heteroatoms. The van der Waals surface area contributed by atoms with Gasteiger partial charge in [-0.05, 0) is 68.6 Å². The summed E-state index contributed by atoms with van der Waals surface area (Å²) >= 11 is 0. The van der Waals surface area contributed by atoms with E-state index in [0.29, 0.717) is 43.6 Å². The molecular weight excluding hydrogens is 396 g/mol. The van der Waals surface area contributed by atoms with Gasteiger partial charge >= 0.3 is 17.9 Å². The van der Waals surface area contributed by atoms with Gasteiger partial charge in [0.2, 0.25) is 0 Å². The maximum absolute atomic E-state index is 12.1. The molecule has 0 aromatic heterocycles. The summed E-state index contributed by atoms with van der Waals surface area (Å²) in [6.45, 7) is 4.99. The number of esters is 1. The number of carboxylic acids is 2. The Labute approximate surface area is 188 Å². The van der Waals surface area contributed by atoms with Crippen LogP contribution in [-0.2, 0) is 19.1 Å². The maximum Gasteiger partial charge on any atom is 0.305 e. The summed E-state index contributed by atoms with van der Waals surface area (Å²) in [6, 6.07) is 0. The molecule has 0 aromatic carbocycles. The first kappa shape index (κ1) is 27.4. The van der Waals surface area contributed by atoms with Gasteiger partial charge in [-0.1, -0.05) is 46.0 Å². The SMILES string of the molecule is CC(C)CCCCCCCOC(=O)CCC1CC(CCC(=O)O)CC(CCC(=O)O)C1. The predicted octanol–water partition coefficient (Wildman–Crippen LogP) is 6.07. The fourth-order valence-electron chi connectivity index (χ4n) is 4.83. The Morgan fingerprint density at radius 1 is 0.742 bits per heavy atom. The Bertz CT molecular complexity index is 504. The molecule has 0 spiro atoms. The lowest BCUT2D eigenvalue weighted by molar-refractivity contribution is -0.144. The molecule has 1 saturated carbocycles. The van der Waals surface area contributed by atoms with Gasteiger partial charge < -0.3 is 14.9 Å². The van der Waals surface area contributed by atoms with E-state index in [-0.39, 0.29) is 18.8 Å². The van der Waals surface area contributed by atoms with Crippen molar-refractivity contribution in [1.29, 1.82) is 0 Å². The molecule has 2 N–H and O–H groups in total. The number of carbonyl (C=O) groups is 3. The third-order valence-electron chi connectivity index (χ3n) is 6.48. The van der Waals surface area contributed by atoms with Crippen molar-refractivity contribution in [3.63, 3.8) is 0 Å². The molecule has 0 amide bonds. The average Bonchev–Trinajstić information content (AvgIpc) is 2.71. The van der Waals surface area contributed by atoms with Crippen LogP contribution in [0.15, 0.2) is 0 Å². The van der Waals surface area contributed by atoms with Gasteiger partial charge in [0.25, 0.3) is 0 Å². The van der Waals surface area contributed by atoms with E-state index in [4.69, 9.17) is 14.9 Å². The molecule has 0 aromatic rings. The van der Waals surface area contributed by atoms with E-state index in [2.05, 4.69) is 13.8 Å². The molecule has 0 bridgehead atoms. The highest BCUT2D eigenvalue weighted by atomic mass is 16.5. The van der Waals surface area contributed by atoms with Crippen LogP contribution in [0.2, 0.25) is 0 Å². The number of unbranched alkanes of at least 4 members (excludes halogenated alkanes) is 4. The molecule has 0 aliphatic heterocycles. The minimum absolute atomic E-state index is 0.144. The van der Waals surface area contributed by atoms with E-state index in [1.807, 2.05) is 0 Å². The van der Waals surface area contributed by atoms with Gasteiger partial charge in [0.15, 0.2) is 0 Å². The number of carbonyl (C=O) groups excluding carboxylic acids is 1. The summed E-state index contributed by atoms with van der Waals surface area (Å²) in [5.41, 5.74) is 0. The Morgan fingerprint density at radius 2 is 1.19 bits per heavy atom. The van der Waals surface area contributed by atoms with Gasteiger partial charge in [0, 0.05) is 19.3 Å². The number of hydrogen-bond acceptors (Lipinski definition) is 4. The van der Waals surface area contributed by atoms with Crippen molar-refractivity contribution in [3.8, 4) is 0 Å². The summed E-state index contributed by atoms with van der Waals surface area (Å²) in [7, 11) is 0. The van der Waals surface area contributed by atoms with Crippen LogP contribution >= 0.6 is 0 Å². The highest BCUT2D eigenvalue weighted by Crippen LogP contribution is 2.39. The monoisotopic (exact) mass is 440 g/mol. The molecule has 180 valence electrons. The van der Waals surface area contributed by atoms with Crippen LogP contribution in [-0.4, -0.2) is 34.7 Å². The maximum atomic E-state index is 12.1. The Hall–Kier alpha value is -1.59. The van der Waals surface area contributed by atoms with Crippen LogP contribution in [0.1, 0.15) is 110 Å². The molecule has 1 aliphatic carbocycles.